The summed E-state index contributed by atoms with van der Waals surface area (Å²) < 4.78 is 0. The van der Waals surface area contributed by atoms with Gasteiger partial charge in [0.15, 0.2) is 16.5 Å². The second-order valence-electron chi connectivity index (χ2n) is 5.02. The number of aromatic nitrogens is 3. The van der Waals surface area contributed by atoms with Crippen LogP contribution in [-0.2, 0) is 6.54 Å². The third-order valence-electron chi connectivity index (χ3n) is 3.21. The molecule has 132 valence electrons. The first-order chi connectivity index (χ1) is 12.5. The molecule has 3 heterocycles. The van der Waals surface area contributed by atoms with Gasteiger partial charge in [0.2, 0.25) is 0 Å². The summed E-state index contributed by atoms with van der Waals surface area (Å²) in [5, 5.41) is 26.3. The molecule has 0 bridgehead atoms. The third kappa shape index (κ3) is 3.92. The van der Waals surface area contributed by atoms with Crippen LogP contribution in [0.25, 0.3) is 0 Å². The Morgan fingerprint density at radius 2 is 1.62 bits per heavy atom. The van der Waals surface area contributed by atoms with Crippen molar-refractivity contribution in [2.75, 3.05) is 5.32 Å². The van der Waals surface area contributed by atoms with Crippen LogP contribution in [0.2, 0.25) is 0 Å². The Hall–Kier alpha value is -3.53. The molecule has 0 aliphatic heterocycles. The first-order valence-corrected chi connectivity index (χ1v) is 8.24. The largest absolute Gasteiger partial charge is 0.505 e. The predicted octanol–water partition coefficient (Wildman–Crippen LogP) is 1.53. The van der Waals surface area contributed by atoms with E-state index in [1.807, 2.05) is 0 Å². The quantitative estimate of drug-likeness (QED) is 0.533. The third-order valence-corrected chi connectivity index (χ3v) is 4.01. The first-order valence-electron chi connectivity index (χ1n) is 7.36. The van der Waals surface area contributed by atoms with Gasteiger partial charge in [0.1, 0.15) is 11.5 Å². The lowest BCUT2D eigenvalue weighted by molar-refractivity contribution is 0.0941. The standard InChI is InChI=1S/C16H13N5O4S/c22-10-3-1-5-17-12(10)14(24)19-7-9-8-26-16(20-9)21-15(25)13-11(23)4-2-6-18-13/h1-6,8,22-23H,7H2,(H,19,24)(H,20,21,25). The number of nitrogens with zero attached hydrogens (tertiary/aromatic N) is 3. The summed E-state index contributed by atoms with van der Waals surface area (Å²) in [5.41, 5.74) is 0.323. The smallest absolute Gasteiger partial charge is 0.279 e. The van der Waals surface area contributed by atoms with Crippen molar-refractivity contribution in [3.63, 3.8) is 0 Å². The van der Waals surface area contributed by atoms with Crippen molar-refractivity contribution >= 4 is 28.3 Å². The van der Waals surface area contributed by atoms with Crippen molar-refractivity contribution < 1.29 is 19.8 Å². The number of thiazole rings is 1. The highest BCUT2D eigenvalue weighted by Crippen LogP contribution is 2.19. The number of carbonyl (C=O) groups is 2. The molecule has 9 nitrogen and oxygen atoms in total. The molecule has 0 aromatic carbocycles. The summed E-state index contributed by atoms with van der Waals surface area (Å²) in [6.07, 6.45) is 2.79. The van der Waals surface area contributed by atoms with Crippen LogP contribution in [0, 0.1) is 0 Å². The number of rotatable bonds is 5. The van der Waals surface area contributed by atoms with Crippen LogP contribution in [0.3, 0.4) is 0 Å². The van der Waals surface area contributed by atoms with Gasteiger partial charge >= 0.3 is 0 Å². The van der Waals surface area contributed by atoms with E-state index in [1.165, 1.54) is 36.7 Å². The lowest BCUT2D eigenvalue weighted by Crippen LogP contribution is -2.24. The summed E-state index contributed by atoms with van der Waals surface area (Å²) in [5.74, 6) is -1.58. The van der Waals surface area contributed by atoms with Crippen molar-refractivity contribution in [2.24, 2.45) is 0 Å². The number of hydrogen-bond acceptors (Lipinski definition) is 8. The van der Waals surface area contributed by atoms with Gasteiger partial charge in [-0.1, -0.05) is 0 Å². The molecule has 0 atom stereocenters. The molecule has 0 unspecified atom stereocenters. The molecule has 0 aliphatic rings. The van der Waals surface area contributed by atoms with Gasteiger partial charge in [-0.3, -0.25) is 14.9 Å². The summed E-state index contributed by atoms with van der Waals surface area (Å²) in [4.78, 5) is 35.8. The Bertz CT molecular complexity index is 959. The second-order valence-corrected chi connectivity index (χ2v) is 5.88. The molecule has 0 spiro atoms. The maximum Gasteiger partial charge on any atom is 0.279 e. The van der Waals surface area contributed by atoms with E-state index in [1.54, 1.807) is 5.38 Å². The summed E-state index contributed by atoms with van der Waals surface area (Å²) in [6, 6.07) is 5.75. The van der Waals surface area contributed by atoms with Gasteiger partial charge in [-0.05, 0) is 24.3 Å². The van der Waals surface area contributed by atoms with Crippen LogP contribution in [-0.4, -0.2) is 37.0 Å². The number of pyridine rings is 2. The zero-order valence-corrected chi connectivity index (χ0v) is 14.0. The Labute approximate surface area is 151 Å². The summed E-state index contributed by atoms with van der Waals surface area (Å²) >= 11 is 1.16. The molecule has 0 aliphatic carbocycles. The summed E-state index contributed by atoms with van der Waals surface area (Å²) in [6.45, 7) is 0.0933. The number of nitrogens with one attached hydrogen (secondary N) is 2. The van der Waals surface area contributed by atoms with Crippen molar-refractivity contribution in [1.29, 1.82) is 0 Å². The first kappa shape index (κ1) is 17.3. The van der Waals surface area contributed by atoms with Gasteiger partial charge in [0, 0.05) is 17.8 Å². The molecular weight excluding hydrogens is 358 g/mol. The number of aromatic hydroxyl groups is 2. The molecule has 10 heteroatoms. The molecule has 4 N–H and O–H groups in total. The molecular formula is C16H13N5O4S. The van der Waals surface area contributed by atoms with Crippen LogP contribution >= 0.6 is 11.3 Å². The maximum absolute atomic E-state index is 12.1. The fourth-order valence-electron chi connectivity index (χ4n) is 2.00. The average molecular weight is 371 g/mol. The highest BCUT2D eigenvalue weighted by Gasteiger charge is 2.15. The molecule has 0 saturated heterocycles. The molecule has 3 aromatic heterocycles. The Kier molecular flexibility index (Phi) is 5.04. The van der Waals surface area contributed by atoms with E-state index in [0.29, 0.717) is 10.8 Å². The van der Waals surface area contributed by atoms with Crippen LogP contribution in [0.4, 0.5) is 5.13 Å². The molecule has 26 heavy (non-hydrogen) atoms. The zero-order valence-electron chi connectivity index (χ0n) is 13.2. The molecule has 3 aromatic rings. The van der Waals surface area contributed by atoms with Crippen molar-refractivity contribution in [2.45, 2.75) is 6.54 Å². The van der Waals surface area contributed by atoms with Crippen LogP contribution in [0.1, 0.15) is 26.7 Å². The Morgan fingerprint density at radius 1 is 1.00 bits per heavy atom. The second kappa shape index (κ2) is 7.57. The topological polar surface area (TPSA) is 137 Å². The fourth-order valence-corrected chi connectivity index (χ4v) is 2.71. The van der Waals surface area contributed by atoms with Gasteiger partial charge < -0.3 is 15.5 Å². The highest BCUT2D eigenvalue weighted by molar-refractivity contribution is 7.14. The minimum atomic E-state index is -0.591. The van der Waals surface area contributed by atoms with Crippen LogP contribution < -0.4 is 10.6 Å². The maximum atomic E-state index is 12.1. The van der Waals surface area contributed by atoms with Gasteiger partial charge in [-0.2, -0.15) is 0 Å². The van der Waals surface area contributed by atoms with E-state index in [-0.39, 0.29) is 29.4 Å². The lowest BCUT2D eigenvalue weighted by atomic mass is 10.3. The van der Waals surface area contributed by atoms with Gasteiger partial charge in [-0.25, -0.2) is 15.0 Å². The van der Waals surface area contributed by atoms with Crippen LogP contribution in [0.5, 0.6) is 11.5 Å². The average Bonchev–Trinajstić information content (AvgIpc) is 3.07. The highest BCUT2D eigenvalue weighted by atomic mass is 32.1. The van der Waals surface area contributed by atoms with Gasteiger partial charge in [0.05, 0.1) is 12.2 Å². The Morgan fingerprint density at radius 3 is 2.23 bits per heavy atom. The fraction of sp³-hybridized carbons (Fsp3) is 0.0625. The molecule has 2 amide bonds. The van der Waals surface area contributed by atoms with E-state index < -0.39 is 11.8 Å². The minimum absolute atomic E-state index is 0.0816. The van der Waals surface area contributed by atoms with E-state index in [0.717, 1.165) is 11.3 Å². The molecule has 0 radical (unpaired) electrons. The normalized spacial score (nSPS) is 10.3. The lowest BCUT2D eigenvalue weighted by Gasteiger charge is -2.04. The predicted molar refractivity (Wildman–Crippen MR) is 93.0 cm³/mol. The van der Waals surface area contributed by atoms with Gasteiger partial charge in [-0.15, -0.1) is 11.3 Å². The SMILES string of the molecule is O=C(NCc1csc(NC(=O)c2ncccc2O)n1)c1ncccc1O. The molecule has 0 saturated carbocycles. The van der Waals surface area contributed by atoms with Crippen molar-refractivity contribution in [1.82, 2.24) is 20.3 Å². The van der Waals surface area contributed by atoms with E-state index >= 15 is 0 Å². The minimum Gasteiger partial charge on any atom is -0.505 e. The number of hydrogen-bond donors (Lipinski definition) is 4. The van der Waals surface area contributed by atoms with E-state index in [2.05, 4.69) is 25.6 Å². The zero-order chi connectivity index (χ0) is 18.5. The van der Waals surface area contributed by atoms with E-state index in [4.69, 9.17) is 0 Å². The molecule has 0 fully saturated rings. The van der Waals surface area contributed by atoms with E-state index in [9.17, 15) is 19.8 Å². The number of amides is 2. The summed E-state index contributed by atoms with van der Waals surface area (Å²) in [7, 11) is 0. The van der Waals surface area contributed by atoms with Crippen LogP contribution in [0.15, 0.2) is 42.0 Å². The Balaban J connectivity index is 1.60. The van der Waals surface area contributed by atoms with Gasteiger partial charge in [0.25, 0.3) is 11.8 Å². The monoisotopic (exact) mass is 371 g/mol. The van der Waals surface area contributed by atoms with Crippen molar-refractivity contribution in [3.05, 3.63) is 59.1 Å². The number of carbonyl (C=O) groups excluding carboxylic acids is 2. The molecule has 3 rings (SSSR count). The van der Waals surface area contributed by atoms with Crippen molar-refractivity contribution in [3.8, 4) is 11.5 Å². The number of anilines is 1.